The number of benzene rings is 2. The molecule has 1 heterocycles. The summed E-state index contributed by atoms with van der Waals surface area (Å²) in [6.45, 7) is 0. The second kappa shape index (κ2) is 7.58. The van der Waals surface area contributed by atoms with Crippen LogP contribution >= 0.6 is 11.8 Å². The highest BCUT2D eigenvalue weighted by Crippen LogP contribution is 2.34. The fourth-order valence-electron chi connectivity index (χ4n) is 2.56. The average molecular weight is 359 g/mol. The van der Waals surface area contributed by atoms with Gasteiger partial charge in [0.1, 0.15) is 12.0 Å². The molecule has 0 unspecified atom stereocenters. The number of rotatable bonds is 5. The van der Waals surface area contributed by atoms with Crippen LogP contribution in [0.25, 0.3) is 0 Å². The molecule has 7 heteroatoms. The number of esters is 1. The number of hydrogen-bond acceptors (Lipinski definition) is 6. The Morgan fingerprint density at radius 2 is 1.92 bits per heavy atom. The molecule has 1 aliphatic rings. The van der Waals surface area contributed by atoms with Gasteiger partial charge in [0.2, 0.25) is 0 Å². The maximum atomic E-state index is 12.2. The van der Waals surface area contributed by atoms with E-state index < -0.39 is 18.0 Å². The zero-order valence-electron chi connectivity index (χ0n) is 13.5. The molecule has 25 heavy (non-hydrogen) atoms. The number of methoxy groups -OCH3 is 1. The summed E-state index contributed by atoms with van der Waals surface area (Å²) in [4.78, 5) is 23.2. The zero-order chi connectivity index (χ0) is 17.8. The first-order chi connectivity index (χ1) is 12.1. The second-order valence-corrected chi connectivity index (χ2v) is 6.71. The molecule has 0 radical (unpaired) electrons. The second-order valence-electron chi connectivity index (χ2n) is 5.54. The van der Waals surface area contributed by atoms with Crippen LogP contribution in [0.15, 0.2) is 48.5 Å². The summed E-state index contributed by atoms with van der Waals surface area (Å²) in [6.07, 6.45) is 0. The third-order valence-corrected chi connectivity index (χ3v) is 5.23. The summed E-state index contributed by atoms with van der Waals surface area (Å²) in [7, 11) is 1.49. The van der Waals surface area contributed by atoms with Gasteiger partial charge in [-0.3, -0.25) is 0 Å². The van der Waals surface area contributed by atoms with E-state index in [0.717, 1.165) is 5.56 Å². The van der Waals surface area contributed by atoms with Gasteiger partial charge in [-0.25, -0.2) is 4.79 Å². The lowest BCUT2D eigenvalue weighted by atomic mass is 10.2. The molecule has 1 fully saturated rings. The SMILES string of the molecule is COc1cc([C@@H]2[NH2+][C@@H](C(=O)[O-])CS2)ccc1OC(=O)c1ccccc1. The summed E-state index contributed by atoms with van der Waals surface area (Å²) >= 11 is 1.53. The van der Waals surface area contributed by atoms with Crippen LogP contribution in [-0.2, 0) is 4.79 Å². The lowest BCUT2D eigenvalue weighted by molar-refractivity contribution is -0.690. The standard InChI is InChI=1S/C18H17NO5S/c1-23-15-9-12(16-19-13(10-25-16)17(20)21)7-8-14(15)24-18(22)11-5-3-2-4-6-11/h2-9,13,16,19H,10H2,1H3,(H,20,21)/t13-,16-/m1/s1. The largest absolute Gasteiger partial charge is 0.544 e. The number of hydrogen-bond donors (Lipinski definition) is 1. The summed E-state index contributed by atoms with van der Waals surface area (Å²) in [5.41, 5.74) is 1.34. The predicted molar refractivity (Wildman–Crippen MR) is 90.3 cm³/mol. The number of carboxylic acid groups (broad SMARTS) is 1. The van der Waals surface area contributed by atoms with Crippen LogP contribution in [-0.4, -0.2) is 30.8 Å². The van der Waals surface area contributed by atoms with Crippen molar-refractivity contribution < 1.29 is 29.5 Å². The van der Waals surface area contributed by atoms with Crippen molar-refractivity contribution in [2.24, 2.45) is 0 Å². The molecule has 2 aromatic rings. The van der Waals surface area contributed by atoms with Gasteiger partial charge in [0.15, 0.2) is 16.9 Å². The van der Waals surface area contributed by atoms with Gasteiger partial charge >= 0.3 is 5.97 Å². The van der Waals surface area contributed by atoms with Gasteiger partial charge in [0, 0.05) is 5.56 Å². The number of quaternary nitrogens is 1. The van der Waals surface area contributed by atoms with Gasteiger partial charge in [-0.15, -0.1) is 0 Å². The number of carboxylic acids is 1. The van der Waals surface area contributed by atoms with Gasteiger partial charge in [-0.1, -0.05) is 30.0 Å². The predicted octanol–water partition coefficient (Wildman–Crippen LogP) is 0.342. The average Bonchev–Trinajstić information content (AvgIpc) is 3.13. The molecule has 1 saturated heterocycles. The minimum atomic E-state index is -1.06. The quantitative estimate of drug-likeness (QED) is 0.611. The van der Waals surface area contributed by atoms with Gasteiger partial charge in [-0.2, -0.15) is 0 Å². The van der Waals surface area contributed by atoms with Crippen molar-refractivity contribution in [3.63, 3.8) is 0 Å². The van der Waals surface area contributed by atoms with E-state index in [1.807, 2.05) is 12.1 Å². The first-order valence-electron chi connectivity index (χ1n) is 7.71. The molecular weight excluding hydrogens is 342 g/mol. The van der Waals surface area contributed by atoms with Crippen LogP contribution in [0.4, 0.5) is 0 Å². The minimum absolute atomic E-state index is 0.0596. The molecule has 0 spiro atoms. The molecule has 2 aromatic carbocycles. The van der Waals surface area contributed by atoms with E-state index in [0.29, 0.717) is 22.8 Å². The number of carbonyl (C=O) groups excluding carboxylic acids is 2. The number of carbonyl (C=O) groups is 2. The molecule has 6 nitrogen and oxygen atoms in total. The molecule has 0 aromatic heterocycles. The summed E-state index contributed by atoms with van der Waals surface area (Å²) in [5.74, 6) is -0.298. The molecule has 3 rings (SSSR count). The van der Waals surface area contributed by atoms with Crippen LogP contribution in [0.3, 0.4) is 0 Å². The van der Waals surface area contributed by atoms with Crippen molar-refractivity contribution in [3.8, 4) is 11.5 Å². The first-order valence-corrected chi connectivity index (χ1v) is 8.76. The highest BCUT2D eigenvalue weighted by molar-refractivity contribution is 7.99. The van der Waals surface area contributed by atoms with E-state index >= 15 is 0 Å². The monoisotopic (exact) mass is 359 g/mol. The maximum absolute atomic E-state index is 12.2. The maximum Gasteiger partial charge on any atom is 0.343 e. The number of nitrogens with two attached hydrogens (primary N) is 1. The Morgan fingerprint density at radius 3 is 2.56 bits per heavy atom. The fraction of sp³-hybridized carbons (Fsp3) is 0.222. The molecule has 130 valence electrons. The molecule has 0 bridgehead atoms. The third kappa shape index (κ3) is 3.94. The minimum Gasteiger partial charge on any atom is -0.544 e. The molecular formula is C18H17NO5S. The van der Waals surface area contributed by atoms with E-state index in [4.69, 9.17) is 9.47 Å². The van der Waals surface area contributed by atoms with Gasteiger partial charge in [0.25, 0.3) is 0 Å². The van der Waals surface area contributed by atoms with Crippen molar-refractivity contribution in [3.05, 3.63) is 59.7 Å². The smallest absolute Gasteiger partial charge is 0.343 e. The van der Waals surface area contributed by atoms with Crippen molar-refractivity contribution in [1.29, 1.82) is 0 Å². The zero-order valence-corrected chi connectivity index (χ0v) is 14.3. The number of ether oxygens (including phenoxy) is 2. The Kier molecular flexibility index (Phi) is 5.25. The number of thioether (sulfide) groups is 1. The highest BCUT2D eigenvalue weighted by Gasteiger charge is 2.31. The van der Waals surface area contributed by atoms with Gasteiger partial charge in [-0.05, 0) is 30.3 Å². The van der Waals surface area contributed by atoms with Gasteiger partial charge < -0.3 is 24.7 Å². The first kappa shape index (κ1) is 17.3. The molecule has 0 amide bonds. The normalized spacial score (nSPS) is 19.4. The van der Waals surface area contributed by atoms with E-state index in [1.54, 1.807) is 41.7 Å². The van der Waals surface area contributed by atoms with Crippen molar-refractivity contribution in [2.45, 2.75) is 11.4 Å². The molecule has 0 aliphatic carbocycles. The van der Waals surface area contributed by atoms with Crippen LogP contribution in [0.1, 0.15) is 21.3 Å². The van der Waals surface area contributed by atoms with Crippen LogP contribution in [0.2, 0.25) is 0 Å². The Labute approximate surface area is 149 Å². The van der Waals surface area contributed by atoms with Crippen molar-refractivity contribution >= 4 is 23.7 Å². The number of aliphatic carboxylic acids is 1. The Hall–Kier alpha value is -2.51. The Morgan fingerprint density at radius 1 is 1.16 bits per heavy atom. The van der Waals surface area contributed by atoms with Crippen LogP contribution in [0, 0.1) is 0 Å². The lowest BCUT2D eigenvalue weighted by Gasteiger charge is -2.14. The van der Waals surface area contributed by atoms with Crippen LogP contribution in [0.5, 0.6) is 11.5 Å². The Balaban J connectivity index is 1.76. The lowest BCUT2D eigenvalue weighted by Crippen LogP contribution is -2.90. The topological polar surface area (TPSA) is 92.3 Å². The fourth-order valence-corrected chi connectivity index (χ4v) is 3.86. The van der Waals surface area contributed by atoms with E-state index in [2.05, 4.69) is 0 Å². The van der Waals surface area contributed by atoms with E-state index in [-0.39, 0.29) is 5.37 Å². The van der Waals surface area contributed by atoms with E-state index in [9.17, 15) is 14.7 Å². The molecule has 0 saturated carbocycles. The van der Waals surface area contributed by atoms with E-state index in [1.165, 1.54) is 18.9 Å². The van der Waals surface area contributed by atoms with Crippen LogP contribution < -0.4 is 19.9 Å². The molecule has 2 atom stereocenters. The summed E-state index contributed by atoms with van der Waals surface area (Å²) in [5, 5.41) is 12.7. The highest BCUT2D eigenvalue weighted by atomic mass is 32.2. The van der Waals surface area contributed by atoms with Crippen molar-refractivity contribution in [2.75, 3.05) is 12.9 Å². The van der Waals surface area contributed by atoms with Crippen molar-refractivity contribution in [1.82, 2.24) is 0 Å². The molecule has 1 aliphatic heterocycles. The summed E-state index contributed by atoms with van der Waals surface area (Å²) in [6, 6.07) is 13.4. The summed E-state index contributed by atoms with van der Waals surface area (Å²) < 4.78 is 10.7. The Bertz CT molecular complexity index is 780. The van der Waals surface area contributed by atoms with Gasteiger partial charge in [0.05, 0.1) is 18.4 Å². The molecule has 2 N–H and O–H groups in total. The third-order valence-electron chi connectivity index (χ3n) is 3.89.